The van der Waals surface area contributed by atoms with E-state index < -0.39 is 0 Å². The van der Waals surface area contributed by atoms with Crippen LogP contribution in [0.1, 0.15) is 31.2 Å². The van der Waals surface area contributed by atoms with Crippen LogP contribution in [0, 0.1) is 5.92 Å². The summed E-state index contributed by atoms with van der Waals surface area (Å²) in [5.74, 6) is 3.19. The monoisotopic (exact) mass is 318 g/mol. The lowest BCUT2D eigenvalue weighted by Crippen LogP contribution is -2.40. The molecule has 2 saturated heterocycles. The average Bonchev–Trinajstić information content (AvgIpc) is 3.26. The molecule has 0 aliphatic carbocycles. The largest absolute Gasteiger partial charge is 0.493 e. The summed E-state index contributed by atoms with van der Waals surface area (Å²) in [5.41, 5.74) is 1.24. The lowest BCUT2D eigenvalue weighted by molar-refractivity contribution is 0.157. The summed E-state index contributed by atoms with van der Waals surface area (Å²) in [5, 5.41) is 3.67. The molecule has 1 unspecified atom stereocenters. The molecule has 1 atom stereocenters. The molecule has 1 aromatic rings. The van der Waals surface area contributed by atoms with E-state index in [1.54, 1.807) is 7.11 Å². The first-order valence-corrected chi connectivity index (χ1v) is 8.76. The summed E-state index contributed by atoms with van der Waals surface area (Å²) in [6.07, 6.45) is 5.32. The molecule has 0 spiro atoms. The van der Waals surface area contributed by atoms with Crippen LogP contribution < -0.4 is 19.5 Å². The highest BCUT2D eigenvalue weighted by Gasteiger charge is 2.28. The van der Waals surface area contributed by atoms with E-state index >= 15 is 0 Å². The SMILES string of the molecule is COc1cc(CN2CCC(C3CCCN3)CC2)cc2c1OCO2. The Morgan fingerprint density at radius 2 is 2.09 bits per heavy atom. The van der Waals surface area contributed by atoms with E-state index in [4.69, 9.17) is 14.2 Å². The number of methoxy groups -OCH3 is 1. The van der Waals surface area contributed by atoms with Gasteiger partial charge in [0.15, 0.2) is 11.5 Å². The third kappa shape index (κ3) is 3.12. The second kappa shape index (κ2) is 6.57. The molecule has 1 N–H and O–H groups in total. The zero-order valence-electron chi connectivity index (χ0n) is 13.8. The molecule has 4 rings (SSSR count). The van der Waals surface area contributed by atoms with E-state index in [2.05, 4.69) is 22.3 Å². The van der Waals surface area contributed by atoms with E-state index in [1.165, 1.54) is 50.9 Å². The molecule has 0 radical (unpaired) electrons. The van der Waals surface area contributed by atoms with Gasteiger partial charge in [0.1, 0.15) is 0 Å². The van der Waals surface area contributed by atoms with Gasteiger partial charge in [-0.15, -0.1) is 0 Å². The first kappa shape index (κ1) is 15.1. The number of rotatable bonds is 4. The van der Waals surface area contributed by atoms with Crippen LogP contribution in [-0.4, -0.2) is 44.5 Å². The Morgan fingerprint density at radius 3 is 2.83 bits per heavy atom. The van der Waals surface area contributed by atoms with Crippen LogP contribution in [0.15, 0.2) is 12.1 Å². The summed E-state index contributed by atoms with van der Waals surface area (Å²) in [6.45, 7) is 4.81. The fourth-order valence-electron chi connectivity index (χ4n) is 4.16. The number of likely N-dealkylation sites (tertiary alicyclic amines) is 1. The number of piperidine rings is 1. The zero-order chi connectivity index (χ0) is 15.6. The van der Waals surface area contributed by atoms with Gasteiger partial charge in [0.2, 0.25) is 12.5 Å². The Bertz CT molecular complexity index is 549. The maximum Gasteiger partial charge on any atom is 0.231 e. The maximum absolute atomic E-state index is 5.53. The van der Waals surface area contributed by atoms with E-state index in [0.29, 0.717) is 0 Å². The van der Waals surface area contributed by atoms with Crippen LogP contribution in [0.3, 0.4) is 0 Å². The summed E-state index contributed by atoms with van der Waals surface area (Å²) >= 11 is 0. The molecule has 2 fully saturated rings. The van der Waals surface area contributed by atoms with Gasteiger partial charge in [0.25, 0.3) is 0 Å². The standard InChI is InChI=1S/C18H26N2O3/c1-21-16-9-13(10-17-18(16)23-12-22-17)11-20-7-4-14(5-8-20)15-3-2-6-19-15/h9-10,14-15,19H,2-8,11-12H2,1H3. The number of hydrogen-bond donors (Lipinski definition) is 1. The molecule has 23 heavy (non-hydrogen) atoms. The minimum atomic E-state index is 0.287. The van der Waals surface area contributed by atoms with Crippen molar-refractivity contribution in [3.8, 4) is 17.2 Å². The molecular weight excluding hydrogens is 292 g/mol. The van der Waals surface area contributed by atoms with E-state index in [9.17, 15) is 0 Å². The highest BCUT2D eigenvalue weighted by atomic mass is 16.7. The van der Waals surface area contributed by atoms with Crippen LogP contribution in [0.25, 0.3) is 0 Å². The molecular formula is C18H26N2O3. The Labute approximate surface area is 137 Å². The molecule has 5 nitrogen and oxygen atoms in total. The summed E-state index contributed by atoms with van der Waals surface area (Å²) in [6, 6.07) is 4.94. The molecule has 3 aliphatic rings. The van der Waals surface area contributed by atoms with Crippen molar-refractivity contribution in [1.29, 1.82) is 0 Å². The molecule has 0 amide bonds. The molecule has 3 heterocycles. The van der Waals surface area contributed by atoms with Gasteiger partial charge in [-0.25, -0.2) is 0 Å². The van der Waals surface area contributed by atoms with Crippen molar-refractivity contribution in [3.05, 3.63) is 17.7 Å². The number of hydrogen-bond acceptors (Lipinski definition) is 5. The molecule has 1 aromatic carbocycles. The first-order chi connectivity index (χ1) is 11.3. The van der Waals surface area contributed by atoms with Crippen molar-refractivity contribution in [2.75, 3.05) is 33.5 Å². The zero-order valence-corrected chi connectivity index (χ0v) is 13.8. The molecule has 3 aliphatic heterocycles. The number of nitrogens with zero attached hydrogens (tertiary/aromatic N) is 1. The first-order valence-electron chi connectivity index (χ1n) is 8.76. The molecule has 0 saturated carbocycles. The lowest BCUT2D eigenvalue weighted by atomic mass is 9.88. The Balaban J connectivity index is 1.38. The van der Waals surface area contributed by atoms with Gasteiger partial charge in [-0.05, 0) is 68.9 Å². The average molecular weight is 318 g/mol. The van der Waals surface area contributed by atoms with Crippen molar-refractivity contribution in [2.24, 2.45) is 5.92 Å². The maximum atomic E-state index is 5.53. The fourth-order valence-corrected chi connectivity index (χ4v) is 4.16. The van der Waals surface area contributed by atoms with Crippen molar-refractivity contribution in [3.63, 3.8) is 0 Å². The summed E-state index contributed by atoms with van der Waals surface area (Å²) < 4.78 is 16.4. The van der Waals surface area contributed by atoms with Gasteiger partial charge < -0.3 is 19.5 Å². The smallest absolute Gasteiger partial charge is 0.231 e. The van der Waals surface area contributed by atoms with Crippen molar-refractivity contribution >= 4 is 0 Å². The Kier molecular flexibility index (Phi) is 4.31. The third-order valence-corrected chi connectivity index (χ3v) is 5.42. The van der Waals surface area contributed by atoms with Gasteiger partial charge >= 0.3 is 0 Å². The highest BCUT2D eigenvalue weighted by Crippen LogP contribution is 2.42. The van der Waals surface area contributed by atoms with Gasteiger partial charge in [0.05, 0.1) is 7.11 Å². The quantitative estimate of drug-likeness (QED) is 0.923. The highest BCUT2D eigenvalue weighted by molar-refractivity contribution is 5.55. The second-order valence-corrected chi connectivity index (χ2v) is 6.85. The van der Waals surface area contributed by atoms with Crippen molar-refractivity contribution in [1.82, 2.24) is 10.2 Å². The summed E-state index contributed by atoms with van der Waals surface area (Å²) in [4.78, 5) is 2.54. The summed E-state index contributed by atoms with van der Waals surface area (Å²) in [7, 11) is 1.68. The second-order valence-electron chi connectivity index (χ2n) is 6.85. The number of nitrogens with one attached hydrogen (secondary N) is 1. The van der Waals surface area contributed by atoms with Crippen LogP contribution in [0.5, 0.6) is 17.2 Å². The van der Waals surface area contributed by atoms with Gasteiger partial charge in [-0.3, -0.25) is 4.90 Å². The van der Waals surface area contributed by atoms with Crippen molar-refractivity contribution in [2.45, 2.75) is 38.3 Å². The predicted molar refractivity (Wildman–Crippen MR) is 88.1 cm³/mol. The van der Waals surface area contributed by atoms with Crippen molar-refractivity contribution < 1.29 is 14.2 Å². The minimum Gasteiger partial charge on any atom is -0.493 e. The Hall–Kier alpha value is -1.46. The third-order valence-electron chi connectivity index (χ3n) is 5.42. The normalized spacial score (nSPS) is 25.0. The fraction of sp³-hybridized carbons (Fsp3) is 0.667. The molecule has 0 bridgehead atoms. The molecule has 0 aromatic heterocycles. The molecule has 126 valence electrons. The Morgan fingerprint density at radius 1 is 1.22 bits per heavy atom. The van der Waals surface area contributed by atoms with Crippen LogP contribution in [-0.2, 0) is 6.54 Å². The number of ether oxygens (including phenoxy) is 3. The van der Waals surface area contributed by atoms with Gasteiger partial charge in [-0.1, -0.05) is 0 Å². The van der Waals surface area contributed by atoms with Crippen LogP contribution >= 0.6 is 0 Å². The van der Waals surface area contributed by atoms with Gasteiger partial charge in [0, 0.05) is 12.6 Å². The van der Waals surface area contributed by atoms with E-state index in [0.717, 1.165) is 35.8 Å². The van der Waals surface area contributed by atoms with E-state index in [1.807, 2.05) is 0 Å². The minimum absolute atomic E-state index is 0.287. The number of benzene rings is 1. The lowest BCUT2D eigenvalue weighted by Gasteiger charge is -2.35. The topological polar surface area (TPSA) is 43.0 Å². The predicted octanol–water partition coefficient (Wildman–Crippen LogP) is 2.39. The number of fused-ring (bicyclic) bond motifs is 1. The van der Waals surface area contributed by atoms with E-state index in [-0.39, 0.29) is 6.79 Å². The van der Waals surface area contributed by atoms with Crippen LogP contribution in [0.2, 0.25) is 0 Å². The molecule has 5 heteroatoms. The van der Waals surface area contributed by atoms with Crippen LogP contribution in [0.4, 0.5) is 0 Å². The van der Waals surface area contributed by atoms with Gasteiger partial charge in [-0.2, -0.15) is 0 Å².